The predicted molar refractivity (Wildman–Crippen MR) is 223 cm³/mol. The van der Waals surface area contributed by atoms with Gasteiger partial charge in [0.2, 0.25) is 0 Å². The van der Waals surface area contributed by atoms with Crippen LogP contribution in [0.5, 0.6) is 0 Å². The van der Waals surface area contributed by atoms with Crippen molar-refractivity contribution in [3.05, 3.63) is 194 Å². The SMILES string of the molecule is c1ccc2cc(-n3c4ccccc4c4cc(-c5ccc(N(c6cccc7ccccc67)c6cccc7oc8ccccc8c67)cc5)ccc43)ccc2c1. The third-order valence-corrected chi connectivity index (χ3v) is 10.8. The van der Waals surface area contributed by atoms with E-state index in [-0.39, 0.29) is 0 Å². The molecule has 2 heterocycles. The Morgan fingerprint density at radius 1 is 0.377 bits per heavy atom. The average Bonchev–Trinajstić information content (AvgIpc) is 3.77. The molecule has 9 aromatic carbocycles. The fourth-order valence-corrected chi connectivity index (χ4v) is 8.30. The van der Waals surface area contributed by atoms with Crippen LogP contribution in [0.4, 0.5) is 17.1 Å². The van der Waals surface area contributed by atoms with Gasteiger partial charge in [-0.25, -0.2) is 0 Å². The highest BCUT2D eigenvalue weighted by Crippen LogP contribution is 2.45. The number of furan rings is 1. The lowest BCUT2D eigenvalue weighted by atomic mass is 10.0. The lowest BCUT2D eigenvalue weighted by molar-refractivity contribution is 0.669. The van der Waals surface area contributed by atoms with Crippen LogP contribution in [-0.4, -0.2) is 4.57 Å². The van der Waals surface area contributed by atoms with E-state index >= 15 is 0 Å². The normalized spacial score (nSPS) is 11.8. The van der Waals surface area contributed by atoms with Crippen molar-refractivity contribution in [2.24, 2.45) is 0 Å². The first-order valence-corrected chi connectivity index (χ1v) is 18.1. The zero-order chi connectivity index (χ0) is 34.9. The van der Waals surface area contributed by atoms with Gasteiger partial charge in [0, 0.05) is 32.9 Å². The van der Waals surface area contributed by atoms with Crippen molar-refractivity contribution < 1.29 is 4.42 Å². The van der Waals surface area contributed by atoms with E-state index in [1.165, 1.54) is 60.2 Å². The van der Waals surface area contributed by atoms with E-state index in [9.17, 15) is 0 Å². The molecular weight excluding hydrogens is 645 g/mol. The van der Waals surface area contributed by atoms with E-state index in [0.29, 0.717) is 0 Å². The standard InChI is InChI=1S/C50H32N2O/c1-2-13-36-31-39(29-25-33(36)11-1)52-45-18-7-5-16-41(45)43-32-37(26-30-46(43)52)34-23-27-38(28-24-34)51(44-19-9-14-35-12-3-4-15-40(35)44)47-20-10-22-49-50(47)42-17-6-8-21-48(42)53-49/h1-32H. The van der Waals surface area contributed by atoms with E-state index < -0.39 is 0 Å². The van der Waals surface area contributed by atoms with E-state index in [1.54, 1.807) is 0 Å². The molecule has 53 heavy (non-hydrogen) atoms. The Bertz CT molecular complexity index is 3180. The van der Waals surface area contributed by atoms with Crippen molar-refractivity contribution in [3.63, 3.8) is 0 Å². The molecule has 0 aliphatic carbocycles. The molecule has 0 radical (unpaired) electrons. The van der Waals surface area contributed by atoms with Gasteiger partial charge in [-0.15, -0.1) is 0 Å². The maximum absolute atomic E-state index is 6.37. The molecule has 0 unspecified atom stereocenters. The Morgan fingerprint density at radius 3 is 1.91 bits per heavy atom. The molecule has 0 bridgehead atoms. The molecule has 0 atom stereocenters. The molecule has 0 fully saturated rings. The number of aromatic nitrogens is 1. The Labute approximate surface area is 306 Å². The highest BCUT2D eigenvalue weighted by Gasteiger charge is 2.21. The van der Waals surface area contributed by atoms with Gasteiger partial charge in [0.1, 0.15) is 11.2 Å². The van der Waals surface area contributed by atoms with Gasteiger partial charge in [-0.3, -0.25) is 0 Å². The Kier molecular flexibility index (Phi) is 6.55. The topological polar surface area (TPSA) is 21.3 Å². The first kappa shape index (κ1) is 29.6. The zero-order valence-electron chi connectivity index (χ0n) is 28.8. The number of fused-ring (bicyclic) bond motifs is 8. The first-order chi connectivity index (χ1) is 26.3. The fourth-order valence-electron chi connectivity index (χ4n) is 8.30. The van der Waals surface area contributed by atoms with Crippen LogP contribution in [0.1, 0.15) is 0 Å². The molecule has 0 saturated heterocycles. The van der Waals surface area contributed by atoms with E-state index in [4.69, 9.17) is 4.42 Å². The molecule has 248 valence electrons. The molecule has 0 amide bonds. The lowest BCUT2D eigenvalue weighted by Crippen LogP contribution is -2.10. The van der Waals surface area contributed by atoms with Crippen molar-refractivity contribution >= 4 is 82.4 Å². The Balaban J connectivity index is 1.06. The summed E-state index contributed by atoms with van der Waals surface area (Å²) in [4.78, 5) is 2.39. The summed E-state index contributed by atoms with van der Waals surface area (Å²) < 4.78 is 8.76. The Morgan fingerprint density at radius 2 is 1.02 bits per heavy atom. The highest BCUT2D eigenvalue weighted by atomic mass is 16.3. The molecule has 3 nitrogen and oxygen atoms in total. The highest BCUT2D eigenvalue weighted by molar-refractivity contribution is 6.15. The summed E-state index contributed by atoms with van der Waals surface area (Å²) in [6.07, 6.45) is 0. The minimum Gasteiger partial charge on any atom is -0.456 e. The van der Waals surface area contributed by atoms with Gasteiger partial charge in [-0.05, 0) is 94.0 Å². The summed E-state index contributed by atoms with van der Waals surface area (Å²) in [6.45, 7) is 0. The molecule has 2 aromatic heterocycles. The molecule has 0 N–H and O–H groups in total. The van der Waals surface area contributed by atoms with Crippen molar-refractivity contribution in [3.8, 4) is 16.8 Å². The van der Waals surface area contributed by atoms with Crippen LogP contribution in [0.25, 0.3) is 82.1 Å². The summed E-state index contributed by atoms with van der Waals surface area (Å²) in [6, 6.07) is 69.8. The lowest BCUT2D eigenvalue weighted by Gasteiger charge is -2.27. The van der Waals surface area contributed by atoms with E-state index in [2.05, 4.69) is 191 Å². The van der Waals surface area contributed by atoms with E-state index in [1.807, 2.05) is 12.1 Å². The smallest absolute Gasteiger partial charge is 0.137 e. The number of hydrogen-bond acceptors (Lipinski definition) is 2. The van der Waals surface area contributed by atoms with Gasteiger partial charge in [-0.2, -0.15) is 0 Å². The number of anilines is 3. The molecular formula is C50H32N2O. The van der Waals surface area contributed by atoms with Crippen LogP contribution in [0.2, 0.25) is 0 Å². The van der Waals surface area contributed by atoms with Crippen LogP contribution < -0.4 is 4.90 Å². The predicted octanol–water partition coefficient (Wildman–Crippen LogP) is 14.1. The van der Waals surface area contributed by atoms with Gasteiger partial charge >= 0.3 is 0 Å². The fraction of sp³-hybridized carbons (Fsp3) is 0. The number of rotatable bonds is 5. The number of para-hydroxylation sites is 2. The minimum atomic E-state index is 0.877. The van der Waals surface area contributed by atoms with Gasteiger partial charge in [0.25, 0.3) is 0 Å². The van der Waals surface area contributed by atoms with Gasteiger partial charge < -0.3 is 13.9 Å². The minimum absolute atomic E-state index is 0.877. The second kappa shape index (κ2) is 11.7. The summed E-state index contributed by atoms with van der Waals surface area (Å²) in [5.74, 6) is 0. The summed E-state index contributed by atoms with van der Waals surface area (Å²) in [5.41, 5.74) is 11.0. The van der Waals surface area contributed by atoms with Gasteiger partial charge in [-0.1, -0.05) is 127 Å². The second-order valence-corrected chi connectivity index (χ2v) is 13.7. The Hall–Kier alpha value is -7.10. The molecule has 0 spiro atoms. The maximum atomic E-state index is 6.37. The zero-order valence-corrected chi connectivity index (χ0v) is 28.8. The largest absolute Gasteiger partial charge is 0.456 e. The molecule has 11 aromatic rings. The number of benzene rings is 9. The molecule has 0 saturated carbocycles. The van der Waals surface area contributed by atoms with Crippen molar-refractivity contribution in [1.29, 1.82) is 0 Å². The van der Waals surface area contributed by atoms with Crippen LogP contribution in [0, 0.1) is 0 Å². The summed E-state index contributed by atoms with van der Waals surface area (Å²) in [5, 5.41) is 9.58. The molecule has 0 aliphatic heterocycles. The van der Waals surface area contributed by atoms with Crippen LogP contribution >= 0.6 is 0 Å². The second-order valence-electron chi connectivity index (χ2n) is 13.7. The van der Waals surface area contributed by atoms with Crippen LogP contribution in [0.3, 0.4) is 0 Å². The monoisotopic (exact) mass is 676 g/mol. The van der Waals surface area contributed by atoms with Crippen LogP contribution in [0.15, 0.2) is 199 Å². The van der Waals surface area contributed by atoms with Crippen molar-refractivity contribution in [2.75, 3.05) is 4.90 Å². The van der Waals surface area contributed by atoms with E-state index in [0.717, 1.165) is 39.0 Å². The molecule has 11 rings (SSSR count). The van der Waals surface area contributed by atoms with Crippen LogP contribution in [-0.2, 0) is 0 Å². The first-order valence-electron chi connectivity index (χ1n) is 18.1. The third-order valence-electron chi connectivity index (χ3n) is 10.8. The summed E-state index contributed by atoms with van der Waals surface area (Å²) in [7, 11) is 0. The maximum Gasteiger partial charge on any atom is 0.137 e. The van der Waals surface area contributed by atoms with Gasteiger partial charge in [0.05, 0.1) is 27.8 Å². The molecule has 0 aliphatic rings. The number of hydrogen-bond donors (Lipinski definition) is 0. The van der Waals surface area contributed by atoms with Crippen molar-refractivity contribution in [2.45, 2.75) is 0 Å². The molecule has 3 heteroatoms. The quantitative estimate of drug-likeness (QED) is 0.181. The van der Waals surface area contributed by atoms with Gasteiger partial charge in [0.15, 0.2) is 0 Å². The number of nitrogens with zero attached hydrogens (tertiary/aromatic N) is 2. The third kappa shape index (κ3) is 4.68. The average molecular weight is 677 g/mol. The summed E-state index contributed by atoms with van der Waals surface area (Å²) >= 11 is 0. The van der Waals surface area contributed by atoms with Crippen molar-refractivity contribution in [1.82, 2.24) is 4.57 Å².